The molecule has 2 aromatic carbocycles. The van der Waals surface area contributed by atoms with Crippen LogP contribution in [0.15, 0.2) is 54.1 Å². The Bertz CT molecular complexity index is 1540. The second-order valence-electron chi connectivity index (χ2n) is 11.1. The molecular weight excluding hydrogens is 591 g/mol. The molecule has 6 rings (SSSR count). The van der Waals surface area contributed by atoms with E-state index in [0.29, 0.717) is 27.6 Å². The van der Waals surface area contributed by atoms with Crippen LogP contribution in [0, 0.1) is 24.7 Å². The molecule has 11 heteroatoms. The third-order valence-corrected chi connectivity index (χ3v) is 10.8. The summed E-state index contributed by atoms with van der Waals surface area (Å²) < 4.78 is 5.82. The zero-order valence-corrected chi connectivity index (χ0v) is 24.5. The number of allylic oxidation sites excluding steroid dienone is 2. The SMILES string of the molecule is Cc1ccc(N2C(=O)C3CC=C4C(CC5(Cl)C(=O)N(C)C(=O)C5(Cl)C4c4ccccc4OCCO)C3C2=O)cc1Cl. The van der Waals surface area contributed by atoms with E-state index < -0.39 is 51.1 Å². The van der Waals surface area contributed by atoms with Crippen molar-refractivity contribution in [2.75, 3.05) is 25.2 Å². The van der Waals surface area contributed by atoms with E-state index in [1.807, 2.05) is 13.0 Å². The Kier molecular flexibility index (Phi) is 6.77. The van der Waals surface area contributed by atoms with Crippen LogP contribution in [-0.4, -0.2) is 63.6 Å². The van der Waals surface area contributed by atoms with Crippen molar-refractivity contribution in [3.8, 4) is 5.75 Å². The minimum atomic E-state index is -1.91. The minimum absolute atomic E-state index is 0.00789. The average molecular weight is 618 g/mol. The number of aryl methyl sites for hydroxylation is 1. The van der Waals surface area contributed by atoms with Gasteiger partial charge in [-0.1, -0.05) is 47.5 Å². The molecule has 1 N–H and O–H groups in total. The van der Waals surface area contributed by atoms with E-state index >= 15 is 0 Å². The summed E-state index contributed by atoms with van der Waals surface area (Å²) >= 11 is 20.8. The highest BCUT2D eigenvalue weighted by Crippen LogP contribution is 2.66. The molecule has 3 fully saturated rings. The number of hydrogen-bond donors (Lipinski definition) is 1. The summed E-state index contributed by atoms with van der Waals surface area (Å²) in [6.45, 7) is 1.58. The molecule has 2 heterocycles. The van der Waals surface area contributed by atoms with Crippen LogP contribution < -0.4 is 9.64 Å². The van der Waals surface area contributed by atoms with Crippen LogP contribution in [0.4, 0.5) is 5.69 Å². The number of amides is 4. The second-order valence-corrected chi connectivity index (χ2v) is 12.7. The Morgan fingerprint density at radius 3 is 2.46 bits per heavy atom. The van der Waals surface area contributed by atoms with Crippen molar-refractivity contribution < 1.29 is 29.0 Å². The lowest BCUT2D eigenvalue weighted by molar-refractivity contribution is -0.138. The first-order chi connectivity index (χ1) is 19.5. The number of carbonyl (C=O) groups excluding carboxylic acids is 4. The molecule has 0 radical (unpaired) electrons. The number of benzene rings is 2. The van der Waals surface area contributed by atoms with Crippen molar-refractivity contribution in [3.63, 3.8) is 0 Å². The monoisotopic (exact) mass is 616 g/mol. The number of imide groups is 2. The van der Waals surface area contributed by atoms with Gasteiger partial charge in [0, 0.05) is 23.6 Å². The van der Waals surface area contributed by atoms with E-state index in [-0.39, 0.29) is 32.0 Å². The molecule has 2 aliphatic heterocycles. The van der Waals surface area contributed by atoms with Crippen molar-refractivity contribution in [2.45, 2.75) is 35.4 Å². The van der Waals surface area contributed by atoms with E-state index in [9.17, 15) is 24.3 Å². The van der Waals surface area contributed by atoms with Crippen molar-refractivity contribution >= 4 is 64.1 Å². The molecular formula is C30H27Cl3N2O6. The number of ether oxygens (including phenoxy) is 1. The van der Waals surface area contributed by atoms with E-state index in [1.54, 1.807) is 42.5 Å². The molecule has 4 amide bonds. The van der Waals surface area contributed by atoms with Gasteiger partial charge in [0.25, 0.3) is 11.8 Å². The van der Waals surface area contributed by atoms with Gasteiger partial charge in [-0.25, -0.2) is 4.90 Å². The summed E-state index contributed by atoms with van der Waals surface area (Å²) in [4.78, 5) is 53.4. The summed E-state index contributed by atoms with van der Waals surface area (Å²) in [5.41, 5.74) is 2.36. The molecule has 2 aromatic rings. The van der Waals surface area contributed by atoms with Gasteiger partial charge in [-0.3, -0.25) is 24.1 Å². The molecule has 4 aliphatic rings. The lowest BCUT2D eigenvalue weighted by Crippen LogP contribution is -2.60. The van der Waals surface area contributed by atoms with Crippen molar-refractivity contribution in [1.82, 2.24) is 4.90 Å². The highest BCUT2D eigenvalue weighted by molar-refractivity contribution is 6.53. The Labute approximate surface area is 251 Å². The molecule has 2 saturated heterocycles. The quantitative estimate of drug-likeness (QED) is 0.306. The fraction of sp³-hybridized carbons (Fsp3) is 0.400. The number of fused-ring (bicyclic) bond motifs is 4. The number of likely N-dealkylation sites (tertiary alicyclic amines) is 1. The maximum Gasteiger partial charge on any atom is 0.253 e. The summed E-state index contributed by atoms with van der Waals surface area (Å²) in [6.07, 6.45) is 2.01. The van der Waals surface area contributed by atoms with Gasteiger partial charge in [0.15, 0.2) is 9.75 Å². The van der Waals surface area contributed by atoms with Crippen LogP contribution in [0.5, 0.6) is 5.75 Å². The van der Waals surface area contributed by atoms with Gasteiger partial charge < -0.3 is 9.84 Å². The van der Waals surface area contributed by atoms with E-state index in [2.05, 4.69) is 0 Å². The largest absolute Gasteiger partial charge is 0.491 e. The predicted molar refractivity (Wildman–Crippen MR) is 153 cm³/mol. The van der Waals surface area contributed by atoms with Crippen molar-refractivity contribution in [3.05, 3.63) is 70.3 Å². The number of anilines is 1. The lowest BCUT2D eigenvalue weighted by atomic mass is 9.56. The van der Waals surface area contributed by atoms with Gasteiger partial charge in [0.2, 0.25) is 11.8 Å². The van der Waals surface area contributed by atoms with Gasteiger partial charge >= 0.3 is 0 Å². The van der Waals surface area contributed by atoms with E-state index in [1.165, 1.54) is 11.9 Å². The van der Waals surface area contributed by atoms with Crippen LogP contribution >= 0.6 is 34.8 Å². The molecule has 6 atom stereocenters. The number of nitrogens with zero attached hydrogens (tertiary/aromatic N) is 2. The smallest absolute Gasteiger partial charge is 0.253 e. The summed E-state index contributed by atoms with van der Waals surface area (Å²) in [6, 6.07) is 12.0. The van der Waals surface area contributed by atoms with Crippen LogP contribution in [0.2, 0.25) is 5.02 Å². The molecule has 2 aliphatic carbocycles. The second kappa shape index (κ2) is 9.83. The van der Waals surface area contributed by atoms with Crippen LogP contribution in [0.1, 0.15) is 29.9 Å². The number of aliphatic hydroxyl groups is 1. The molecule has 0 bridgehead atoms. The third-order valence-electron chi connectivity index (χ3n) is 9.01. The number of hydrogen-bond acceptors (Lipinski definition) is 6. The Morgan fingerprint density at radius 1 is 1.02 bits per heavy atom. The summed E-state index contributed by atoms with van der Waals surface area (Å²) in [7, 11) is 1.34. The molecule has 6 unspecified atom stereocenters. The Hall–Kier alpha value is -2.91. The standard InChI is InChI=1S/C30H27Cl3N2O6/c1-15-7-8-16(13-21(15)31)35-25(37)19-10-9-17-20(23(19)26(35)38)14-29(32)27(39)34(2)28(40)30(29,33)24(17)18-5-3-4-6-22(18)41-12-11-36/h3-9,13,19-20,23-24,36H,10-12,14H2,1-2H3. The minimum Gasteiger partial charge on any atom is -0.491 e. The van der Waals surface area contributed by atoms with Crippen LogP contribution in [0.25, 0.3) is 0 Å². The molecule has 0 aromatic heterocycles. The first-order valence-corrected chi connectivity index (χ1v) is 14.5. The maximum atomic E-state index is 14.1. The average Bonchev–Trinajstić information content (AvgIpc) is 3.28. The maximum absolute atomic E-state index is 14.1. The number of rotatable bonds is 5. The van der Waals surface area contributed by atoms with Crippen LogP contribution in [-0.2, 0) is 19.2 Å². The molecule has 41 heavy (non-hydrogen) atoms. The summed E-state index contributed by atoms with van der Waals surface area (Å²) in [5.74, 6) is -4.78. The first kappa shape index (κ1) is 28.2. The van der Waals surface area contributed by atoms with Gasteiger partial charge in [-0.2, -0.15) is 0 Å². The number of aliphatic hydroxyl groups excluding tert-OH is 1. The zero-order chi connectivity index (χ0) is 29.4. The molecule has 214 valence electrons. The number of para-hydroxylation sites is 1. The van der Waals surface area contributed by atoms with Gasteiger partial charge in [-0.15, -0.1) is 23.2 Å². The Balaban J connectivity index is 1.51. The predicted octanol–water partition coefficient (Wildman–Crippen LogP) is 4.21. The van der Waals surface area contributed by atoms with Crippen molar-refractivity contribution in [1.29, 1.82) is 0 Å². The third kappa shape index (κ3) is 3.77. The molecule has 0 spiro atoms. The fourth-order valence-electron chi connectivity index (χ4n) is 7.07. The zero-order valence-electron chi connectivity index (χ0n) is 22.3. The normalized spacial score (nSPS) is 32.6. The number of halogens is 3. The van der Waals surface area contributed by atoms with Gasteiger partial charge in [0.05, 0.1) is 24.1 Å². The number of alkyl halides is 2. The molecule has 8 nitrogen and oxygen atoms in total. The first-order valence-electron chi connectivity index (χ1n) is 13.3. The highest BCUT2D eigenvalue weighted by Gasteiger charge is 2.76. The topological polar surface area (TPSA) is 104 Å². The van der Waals surface area contributed by atoms with Crippen LogP contribution in [0.3, 0.4) is 0 Å². The lowest BCUT2D eigenvalue weighted by Gasteiger charge is -2.51. The summed E-state index contributed by atoms with van der Waals surface area (Å²) in [5, 5.41) is 9.84. The van der Waals surface area contributed by atoms with E-state index in [0.717, 1.165) is 10.5 Å². The highest BCUT2D eigenvalue weighted by atomic mass is 35.5. The van der Waals surface area contributed by atoms with Crippen molar-refractivity contribution in [2.24, 2.45) is 17.8 Å². The fourth-order valence-corrected chi connectivity index (χ4v) is 8.26. The number of carbonyl (C=O) groups is 4. The van der Waals surface area contributed by atoms with Gasteiger partial charge in [0.1, 0.15) is 12.4 Å². The Morgan fingerprint density at radius 2 is 1.76 bits per heavy atom. The van der Waals surface area contributed by atoms with Gasteiger partial charge in [-0.05, 0) is 49.4 Å². The van der Waals surface area contributed by atoms with E-state index in [4.69, 9.17) is 39.5 Å². The molecule has 1 saturated carbocycles.